The third kappa shape index (κ3) is 2.97. The molecule has 2 aliphatic rings. The standard InChI is InChI=1S/C13H23NO2/c1-10-8-14-9-12(10)13(15)16-11-6-4-2-3-5-7-11/h10-12,14H,2-9H2,1H3. The maximum atomic E-state index is 12.0. The van der Waals surface area contributed by atoms with Gasteiger partial charge in [-0.25, -0.2) is 0 Å². The Morgan fingerprint density at radius 3 is 2.38 bits per heavy atom. The van der Waals surface area contributed by atoms with E-state index in [1.807, 2.05) is 0 Å². The minimum atomic E-state index is 0.0319. The molecule has 2 fully saturated rings. The van der Waals surface area contributed by atoms with Crippen molar-refractivity contribution in [2.45, 2.75) is 51.6 Å². The molecule has 2 unspecified atom stereocenters. The summed E-state index contributed by atoms with van der Waals surface area (Å²) < 4.78 is 5.65. The molecule has 0 amide bonds. The molecule has 0 aromatic rings. The quantitative estimate of drug-likeness (QED) is 0.578. The first-order valence-electron chi connectivity index (χ1n) is 6.68. The number of carbonyl (C=O) groups excluding carboxylic acids is 1. The van der Waals surface area contributed by atoms with Crippen LogP contribution in [-0.4, -0.2) is 25.2 Å². The minimum Gasteiger partial charge on any atom is -0.462 e. The molecular weight excluding hydrogens is 202 g/mol. The first kappa shape index (κ1) is 11.9. The zero-order chi connectivity index (χ0) is 11.4. The summed E-state index contributed by atoms with van der Waals surface area (Å²) in [5, 5.41) is 3.25. The van der Waals surface area contributed by atoms with Gasteiger partial charge in [0.05, 0.1) is 5.92 Å². The van der Waals surface area contributed by atoms with Crippen molar-refractivity contribution >= 4 is 5.97 Å². The van der Waals surface area contributed by atoms with E-state index in [0.29, 0.717) is 5.92 Å². The molecule has 1 aliphatic heterocycles. The largest absolute Gasteiger partial charge is 0.462 e. The minimum absolute atomic E-state index is 0.0319. The lowest BCUT2D eigenvalue weighted by Gasteiger charge is -2.19. The summed E-state index contributed by atoms with van der Waals surface area (Å²) in [6.45, 7) is 3.87. The van der Waals surface area contributed by atoms with E-state index in [0.717, 1.165) is 25.9 Å². The zero-order valence-corrected chi connectivity index (χ0v) is 10.2. The van der Waals surface area contributed by atoms with Gasteiger partial charge >= 0.3 is 5.97 Å². The molecule has 3 nitrogen and oxygen atoms in total. The number of esters is 1. The molecule has 3 heteroatoms. The van der Waals surface area contributed by atoms with Crippen molar-refractivity contribution in [3.8, 4) is 0 Å². The second-order valence-electron chi connectivity index (χ2n) is 5.29. The van der Waals surface area contributed by atoms with Gasteiger partial charge in [0, 0.05) is 6.54 Å². The predicted octanol–water partition coefficient (Wildman–Crippen LogP) is 2.11. The van der Waals surface area contributed by atoms with E-state index in [1.54, 1.807) is 0 Å². The molecule has 1 saturated heterocycles. The fourth-order valence-electron chi connectivity index (χ4n) is 2.74. The first-order chi connectivity index (χ1) is 7.77. The number of rotatable bonds is 2. The summed E-state index contributed by atoms with van der Waals surface area (Å²) in [5.74, 6) is 0.547. The van der Waals surface area contributed by atoms with Gasteiger partial charge in [0.25, 0.3) is 0 Å². The van der Waals surface area contributed by atoms with Crippen molar-refractivity contribution in [1.82, 2.24) is 5.32 Å². The Balaban J connectivity index is 1.81. The zero-order valence-electron chi connectivity index (χ0n) is 10.2. The molecule has 0 radical (unpaired) electrons. The highest BCUT2D eigenvalue weighted by Crippen LogP contribution is 2.23. The topological polar surface area (TPSA) is 38.3 Å². The summed E-state index contributed by atoms with van der Waals surface area (Å²) in [4.78, 5) is 12.0. The monoisotopic (exact) mass is 225 g/mol. The highest BCUT2D eigenvalue weighted by molar-refractivity contribution is 5.73. The number of hydrogen-bond acceptors (Lipinski definition) is 3. The Morgan fingerprint density at radius 1 is 1.12 bits per heavy atom. The molecular formula is C13H23NO2. The van der Waals surface area contributed by atoms with Gasteiger partial charge in [-0.2, -0.15) is 0 Å². The maximum Gasteiger partial charge on any atom is 0.310 e. The molecule has 0 spiro atoms. The van der Waals surface area contributed by atoms with Crippen LogP contribution in [-0.2, 0) is 9.53 Å². The van der Waals surface area contributed by atoms with Crippen LogP contribution < -0.4 is 5.32 Å². The molecule has 2 atom stereocenters. The van der Waals surface area contributed by atoms with Crippen molar-refractivity contribution in [2.75, 3.05) is 13.1 Å². The molecule has 0 aromatic heterocycles. The summed E-state index contributed by atoms with van der Waals surface area (Å²) in [7, 11) is 0. The lowest BCUT2D eigenvalue weighted by atomic mass is 9.98. The van der Waals surface area contributed by atoms with Gasteiger partial charge < -0.3 is 10.1 Å². The third-order valence-electron chi connectivity index (χ3n) is 3.91. The highest BCUT2D eigenvalue weighted by atomic mass is 16.5. The van der Waals surface area contributed by atoms with Crippen LogP contribution in [0.2, 0.25) is 0 Å². The number of ether oxygens (including phenoxy) is 1. The van der Waals surface area contributed by atoms with Crippen LogP contribution in [0.1, 0.15) is 45.4 Å². The lowest BCUT2D eigenvalue weighted by Crippen LogP contribution is -2.28. The van der Waals surface area contributed by atoms with Crippen molar-refractivity contribution in [1.29, 1.82) is 0 Å². The molecule has 0 aromatic carbocycles. The molecule has 1 heterocycles. The number of hydrogen-bond donors (Lipinski definition) is 1. The van der Waals surface area contributed by atoms with Crippen molar-refractivity contribution in [2.24, 2.45) is 11.8 Å². The summed E-state index contributed by atoms with van der Waals surface area (Å²) in [5.41, 5.74) is 0. The molecule has 1 saturated carbocycles. The highest BCUT2D eigenvalue weighted by Gasteiger charge is 2.32. The van der Waals surface area contributed by atoms with E-state index in [9.17, 15) is 4.79 Å². The van der Waals surface area contributed by atoms with Gasteiger partial charge in [-0.05, 0) is 38.1 Å². The van der Waals surface area contributed by atoms with E-state index in [1.165, 1.54) is 25.7 Å². The van der Waals surface area contributed by atoms with Crippen molar-refractivity contribution < 1.29 is 9.53 Å². The van der Waals surface area contributed by atoms with Crippen molar-refractivity contribution in [3.63, 3.8) is 0 Å². The molecule has 1 aliphatic carbocycles. The van der Waals surface area contributed by atoms with Gasteiger partial charge in [0.2, 0.25) is 0 Å². The average molecular weight is 225 g/mol. The second-order valence-corrected chi connectivity index (χ2v) is 5.29. The van der Waals surface area contributed by atoms with Crippen LogP contribution in [0.25, 0.3) is 0 Å². The molecule has 92 valence electrons. The van der Waals surface area contributed by atoms with Gasteiger partial charge in [-0.15, -0.1) is 0 Å². The summed E-state index contributed by atoms with van der Waals surface area (Å²) in [6, 6.07) is 0. The van der Waals surface area contributed by atoms with E-state index < -0.39 is 0 Å². The van der Waals surface area contributed by atoms with Crippen LogP contribution in [0, 0.1) is 11.8 Å². The summed E-state index contributed by atoms with van der Waals surface area (Å²) >= 11 is 0. The van der Waals surface area contributed by atoms with Gasteiger partial charge in [-0.3, -0.25) is 4.79 Å². The van der Waals surface area contributed by atoms with Crippen LogP contribution in [0.4, 0.5) is 0 Å². The van der Waals surface area contributed by atoms with E-state index in [4.69, 9.17) is 4.74 Å². The summed E-state index contributed by atoms with van der Waals surface area (Å²) in [6.07, 6.45) is 7.38. The predicted molar refractivity (Wildman–Crippen MR) is 63.1 cm³/mol. The second kappa shape index (κ2) is 5.67. The molecule has 1 N–H and O–H groups in total. The molecule has 0 bridgehead atoms. The fourth-order valence-corrected chi connectivity index (χ4v) is 2.74. The smallest absolute Gasteiger partial charge is 0.310 e. The molecule has 2 rings (SSSR count). The Hall–Kier alpha value is -0.570. The first-order valence-corrected chi connectivity index (χ1v) is 6.68. The number of carbonyl (C=O) groups is 1. The maximum absolute atomic E-state index is 12.0. The van der Waals surface area contributed by atoms with E-state index >= 15 is 0 Å². The van der Waals surface area contributed by atoms with Crippen LogP contribution in [0.15, 0.2) is 0 Å². The SMILES string of the molecule is CC1CNCC1C(=O)OC1CCCCCC1. The van der Waals surface area contributed by atoms with Crippen LogP contribution >= 0.6 is 0 Å². The van der Waals surface area contributed by atoms with Crippen molar-refractivity contribution in [3.05, 3.63) is 0 Å². The fraction of sp³-hybridized carbons (Fsp3) is 0.923. The Bertz CT molecular complexity index is 234. The Kier molecular flexibility index (Phi) is 4.22. The molecule has 16 heavy (non-hydrogen) atoms. The Labute approximate surface area is 97.9 Å². The number of nitrogens with one attached hydrogen (secondary N) is 1. The Morgan fingerprint density at radius 2 is 1.81 bits per heavy atom. The van der Waals surface area contributed by atoms with E-state index in [-0.39, 0.29) is 18.0 Å². The van der Waals surface area contributed by atoms with Gasteiger partial charge in [0.15, 0.2) is 0 Å². The van der Waals surface area contributed by atoms with E-state index in [2.05, 4.69) is 12.2 Å². The van der Waals surface area contributed by atoms with Gasteiger partial charge in [0.1, 0.15) is 6.10 Å². The third-order valence-corrected chi connectivity index (χ3v) is 3.91. The normalized spacial score (nSPS) is 32.3. The van der Waals surface area contributed by atoms with Crippen LogP contribution in [0.5, 0.6) is 0 Å². The van der Waals surface area contributed by atoms with Gasteiger partial charge in [-0.1, -0.05) is 19.8 Å². The average Bonchev–Trinajstić information content (AvgIpc) is 2.53. The van der Waals surface area contributed by atoms with Crippen LogP contribution in [0.3, 0.4) is 0 Å². The lowest BCUT2D eigenvalue weighted by molar-refractivity contribution is -0.155.